The molecule has 1 aromatic rings. The molecule has 1 saturated heterocycles. The van der Waals surface area contributed by atoms with E-state index < -0.39 is 5.97 Å². The zero-order chi connectivity index (χ0) is 12.3. The molecule has 2 heterocycles. The second kappa shape index (κ2) is 5.93. The summed E-state index contributed by atoms with van der Waals surface area (Å²) in [4.78, 5) is 15.9. The van der Waals surface area contributed by atoms with E-state index in [2.05, 4.69) is 15.0 Å². The topological polar surface area (TPSA) is 51.2 Å². The Balaban J connectivity index is 2.03. The molecular formula is C10H13ClN2O2S2. The number of thiazole rings is 1. The molecule has 0 amide bonds. The molecule has 0 aliphatic carbocycles. The van der Waals surface area contributed by atoms with Gasteiger partial charge in [0.1, 0.15) is 0 Å². The van der Waals surface area contributed by atoms with Crippen LogP contribution in [0.3, 0.4) is 0 Å². The number of aromatic nitrogens is 1. The molecule has 1 aliphatic rings. The zero-order valence-corrected chi connectivity index (χ0v) is 11.8. The molecular weight excluding hydrogens is 280 g/mol. The van der Waals surface area contributed by atoms with Gasteiger partial charge < -0.3 is 10.1 Å². The van der Waals surface area contributed by atoms with Gasteiger partial charge in [-0.3, -0.25) is 0 Å². The molecule has 0 radical (unpaired) electrons. The van der Waals surface area contributed by atoms with Gasteiger partial charge in [0, 0.05) is 6.04 Å². The molecule has 0 spiro atoms. The van der Waals surface area contributed by atoms with Crippen LogP contribution in [0.1, 0.15) is 22.5 Å². The molecule has 2 rings (SSSR count). The summed E-state index contributed by atoms with van der Waals surface area (Å²) in [6, 6.07) is 0.434. The lowest BCUT2D eigenvalue weighted by molar-refractivity contribution is 0.0606. The smallest absolute Gasteiger partial charge is 0.351 e. The number of carbonyl (C=O) groups is 1. The minimum atomic E-state index is -0.431. The van der Waals surface area contributed by atoms with Crippen LogP contribution < -0.4 is 5.32 Å². The Morgan fingerprint density at radius 3 is 2.88 bits per heavy atom. The molecule has 0 saturated carbocycles. The summed E-state index contributed by atoms with van der Waals surface area (Å²) in [5.74, 6) is 1.90. The predicted molar refractivity (Wildman–Crippen MR) is 72.4 cm³/mol. The van der Waals surface area contributed by atoms with Gasteiger partial charge in [0.2, 0.25) is 0 Å². The first-order valence-corrected chi connectivity index (χ1v) is 7.64. The number of rotatable bonds is 3. The highest BCUT2D eigenvalue weighted by atomic mass is 35.5. The van der Waals surface area contributed by atoms with Crippen molar-refractivity contribution in [2.45, 2.75) is 18.9 Å². The number of thioether (sulfide) groups is 1. The van der Waals surface area contributed by atoms with E-state index in [0.717, 1.165) is 12.8 Å². The highest BCUT2D eigenvalue weighted by Crippen LogP contribution is 2.29. The fraction of sp³-hybridized carbons (Fsp3) is 0.600. The average molecular weight is 293 g/mol. The number of ether oxygens (including phenoxy) is 1. The Kier molecular flexibility index (Phi) is 4.53. The lowest BCUT2D eigenvalue weighted by Crippen LogP contribution is -2.24. The number of nitrogens with zero attached hydrogens (tertiary/aromatic N) is 1. The molecule has 0 unspecified atom stereocenters. The monoisotopic (exact) mass is 292 g/mol. The van der Waals surface area contributed by atoms with Crippen molar-refractivity contribution in [1.29, 1.82) is 0 Å². The molecule has 1 N–H and O–H groups in total. The second-order valence-corrected chi connectivity index (χ2v) is 6.24. The number of hydrogen-bond donors (Lipinski definition) is 1. The van der Waals surface area contributed by atoms with Crippen LogP contribution in [0.4, 0.5) is 5.13 Å². The van der Waals surface area contributed by atoms with E-state index in [1.165, 1.54) is 30.0 Å². The third-order valence-corrected chi connectivity index (χ3v) is 4.91. The van der Waals surface area contributed by atoms with E-state index in [9.17, 15) is 4.79 Å². The van der Waals surface area contributed by atoms with E-state index in [1.807, 2.05) is 11.8 Å². The van der Waals surface area contributed by atoms with Crippen LogP contribution in [0.5, 0.6) is 0 Å². The van der Waals surface area contributed by atoms with Gasteiger partial charge in [-0.15, -0.1) is 0 Å². The third kappa shape index (κ3) is 3.26. The van der Waals surface area contributed by atoms with Gasteiger partial charge in [-0.05, 0) is 24.3 Å². The first kappa shape index (κ1) is 13.0. The van der Waals surface area contributed by atoms with Crippen LogP contribution in [0, 0.1) is 0 Å². The van der Waals surface area contributed by atoms with E-state index >= 15 is 0 Å². The number of hydrogen-bond acceptors (Lipinski definition) is 6. The Labute approximate surface area is 113 Å². The van der Waals surface area contributed by atoms with Crippen LogP contribution in [0.2, 0.25) is 5.15 Å². The number of methoxy groups -OCH3 is 1. The average Bonchev–Trinajstić information content (AvgIpc) is 2.70. The highest BCUT2D eigenvalue weighted by molar-refractivity contribution is 7.99. The van der Waals surface area contributed by atoms with Crippen molar-refractivity contribution in [3.05, 3.63) is 10.0 Å². The van der Waals surface area contributed by atoms with E-state index in [-0.39, 0.29) is 5.15 Å². The fourth-order valence-electron chi connectivity index (χ4n) is 1.60. The maximum absolute atomic E-state index is 11.4. The minimum Gasteiger partial charge on any atom is -0.465 e. The van der Waals surface area contributed by atoms with Gasteiger partial charge in [0.15, 0.2) is 15.2 Å². The van der Waals surface area contributed by atoms with Crippen molar-refractivity contribution in [3.63, 3.8) is 0 Å². The summed E-state index contributed by atoms with van der Waals surface area (Å²) in [6.45, 7) is 0. The number of nitrogens with one attached hydrogen (secondary N) is 1. The Bertz CT molecular complexity index is 405. The fourth-order valence-corrected chi connectivity index (χ4v) is 3.88. The van der Waals surface area contributed by atoms with Gasteiger partial charge in [-0.2, -0.15) is 11.8 Å². The van der Waals surface area contributed by atoms with Crippen LogP contribution in [0.25, 0.3) is 0 Å². The van der Waals surface area contributed by atoms with Crippen molar-refractivity contribution in [1.82, 2.24) is 4.98 Å². The Hall–Kier alpha value is -0.460. The zero-order valence-electron chi connectivity index (χ0n) is 9.36. The van der Waals surface area contributed by atoms with Crippen molar-refractivity contribution >= 4 is 45.8 Å². The minimum absolute atomic E-state index is 0.217. The molecule has 1 aromatic heterocycles. The molecule has 0 bridgehead atoms. The van der Waals surface area contributed by atoms with Crippen molar-refractivity contribution in [2.24, 2.45) is 0 Å². The molecule has 17 heavy (non-hydrogen) atoms. The van der Waals surface area contributed by atoms with E-state index in [0.29, 0.717) is 16.1 Å². The predicted octanol–water partition coefficient (Wildman–Crippen LogP) is 2.89. The second-order valence-electron chi connectivity index (χ2n) is 3.66. The molecule has 4 nitrogen and oxygen atoms in total. The lowest BCUT2D eigenvalue weighted by Gasteiger charge is -2.21. The van der Waals surface area contributed by atoms with Gasteiger partial charge in [0.05, 0.1) is 7.11 Å². The quantitative estimate of drug-likeness (QED) is 0.868. The summed E-state index contributed by atoms with van der Waals surface area (Å²) in [7, 11) is 1.34. The Morgan fingerprint density at radius 2 is 2.24 bits per heavy atom. The summed E-state index contributed by atoms with van der Waals surface area (Å²) in [5, 5.41) is 4.24. The van der Waals surface area contributed by atoms with Crippen LogP contribution in [-0.4, -0.2) is 35.6 Å². The van der Waals surface area contributed by atoms with Gasteiger partial charge >= 0.3 is 5.97 Å². The maximum atomic E-state index is 11.4. The summed E-state index contributed by atoms with van der Waals surface area (Å²) in [5.41, 5.74) is 0. The Morgan fingerprint density at radius 1 is 1.53 bits per heavy atom. The van der Waals surface area contributed by atoms with Crippen LogP contribution >= 0.6 is 34.7 Å². The van der Waals surface area contributed by atoms with Crippen molar-refractivity contribution in [2.75, 3.05) is 23.9 Å². The molecule has 7 heteroatoms. The standard InChI is InChI=1S/C10H13ClN2O2S2/c1-15-9(14)7-8(11)13-10(17-7)12-6-2-4-16-5-3-6/h6H,2-5H2,1H3,(H,12,13). The molecule has 1 fully saturated rings. The van der Waals surface area contributed by atoms with Crippen molar-refractivity contribution < 1.29 is 9.53 Å². The van der Waals surface area contributed by atoms with Gasteiger partial charge in [-0.1, -0.05) is 22.9 Å². The van der Waals surface area contributed by atoms with E-state index in [1.54, 1.807) is 0 Å². The largest absolute Gasteiger partial charge is 0.465 e. The third-order valence-electron chi connectivity index (χ3n) is 2.51. The van der Waals surface area contributed by atoms with Crippen LogP contribution in [0.15, 0.2) is 0 Å². The first-order valence-electron chi connectivity index (χ1n) is 5.29. The van der Waals surface area contributed by atoms with Crippen molar-refractivity contribution in [3.8, 4) is 0 Å². The molecule has 1 aliphatic heterocycles. The molecule has 0 aromatic carbocycles. The van der Waals surface area contributed by atoms with Gasteiger partial charge in [0.25, 0.3) is 0 Å². The van der Waals surface area contributed by atoms with E-state index in [4.69, 9.17) is 11.6 Å². The lowest BCUT2D eigenvalue weighted by atomic mass is 10.2. The summed E-state index contributed by atoms with van der Waals surface area (Å²) in [6.07, 6.45) is 2.24. The van der Waals surface area contributed by atoms with Gasteiger partial charge in [-0.25, -0.2) is 9.78 Å². The maximum Gasteiger partial charge on any atom is 0.351 e. The number of esters is 1. The SMILES string of the molecule is COC(=O)c1sc(NC2CCSCC2)nc1Cl. The normalized spacial score (nSPS) is 16.8. The van der Waals surface area contributed by atoms with Crippen LogP contribution in [-0.2, 0) is 4.74 Å². The number of anilines is 1. The molecule has 0 atom stereocenters. The highest BCUT2D eigenvalue weighted by Gasteiger charge is 2.20. The number of carbonyl (C=O) groups excluding carboxylic acids is 1. The molecule has 94 valence electrons. The number of halogens is 1. The summed E-state index contributed by atoms with van der Waals surface area (Å²) >= 11 is 9.11. The summed E-state index contributed by atoms with van der Waals surface area (Å²) < 4.78 is 4.64. The first-order chi connectivity index (χ1) is 8.20.